The monoisotopic (exact) mass is 402 g/mol. The van der Waals surface area contributed by atoms with Gasteiger partial charge in [-0.2, -0.15) is 13.2 Å². The molecule has 6 nitrogen and oxygen atoms in total. The summed E-state index contributed by atoms with van der Waals surface area (Å²) in [7, 11) is 0. The minimum Gasteiger partial charge on any atom is -0.477 e. The van der Waals surface area contributed by atoms with Crippen LogP contribution >= 0.6 is 11.3 Å². The Morgan fingerprint density at radius 1 is 1.30 bits per heavy atom. The number of nitrogens with zero attached hydrogens (tertiary/aromatic N) is 2. The summed E-state index contributed by atoms with van der Waals surface area (Å²) in [4.78, 5) is 27.0. The number of rotatable bonds is 6. The molecule has 27 heavy (non-hydrogen) atoms. The van der Waals surface area contributed by atoms with Crippen molar-refractivity contribution in [2.45, 2.75) is 39.1 Å². The van der Waals surface area contributed by atoms with Crippen LogP contribution in [0.25, 0.3) is 0 Å². The van der Waals surface area contributed by atoms with Crippen LogP contribution in [0, 0.1) is 0 Å². The van der Waals surface area contributed by atoms with Crippen molar-refractivity contribution in [1.29, 1.82) is 0 Å². The second-order valence-corrected chi connectivity index (χ2v) is 6.62. The second-order valence-electron chi connectivity index (χ2n) is 5.64. The molecule has 0 fully saturated rings. The first-order valence-corrected chi connectivity index (χ1v) is 8.78. The molecule has 0 saturated carbocycles. The van der Waals surface area contributed by atoms with Gasteiger partial charge >= 0.3 is 18.2 Å². The van der Waals surface area contributed by atoms with E-state index in [-0.39, 0.29) is 11.7 Å². The summed E-state index contributed by atoms with van der Waals surface area (Å²) < 4.78 is 44.4. The zero-order valence-electron chi connectivity index (χ0n) is 14.5. The van der Waals surface area contributed by atoms with E-state index >= 15 is 0 Å². The number of carboxylic acid groups (broad SMARTS) is 1. The normalized spacial score (nSPS) is 12.5. The first-order chi connectivity index (χ1) is 12.6. The van der Waals surface area contributed by atoms with Crippen LogP contribution in [0.15, 0.2) is 30.3 Å². The van der Waals surface area contributed by atoms with Crippen LogP contribution < -0.4 is 4.90 Å². The largest absolute Gasteiger partial charge is 0.477 e. The van der Waals surface area contributed by atoms with Gasteiger partial charge in [-0.3, -0.25) is 4.90 Å². The quantitative estimate of drug-likeness (QED) is 0.751. The molecule has 0 radical (unpaired) electrons. The van der Waals surface area contributed by atoms with Gasteiger partial charge in [0.2, 0.25) is 0 Å². The fraction of sp³-hybridized carbons (Fsp3) is 0.353. The summed E-state index contributed by atoms with van der Waals surface area (Å²) in [6.45, 7) is 3.27. The van der Waals surface area contributed by atoms with Crippen LogP contribution in [0.3, 0.4) is 0 Å². The van der Waals surface area contributed by atoms with Crippen LogP contribution in [0.4, 0.5) is 23.1 Å². The maximum atomic E-state index is 13.1. The molecule has 1 N–H and O–H groups in total. The van der Waals surface area contributed by atoms with Crippen molar-refractivity contribution in [2.24, 2.45) is 0 Å². The van der Waals surface area contributed by atoms with Gasteiger partial charge in [-0.1, -0.05) is 48.6 Å². The molecular weight excluding hydrogens is 385 g/mol. The Labute approximate surface area is 157 Å². The second kappa shape index (κ2) is 8.38. The molecule has 1 atom stereocenters. The van der Waals surface area contributed by atoms with Gasteiger partial charge in [-0.05, 0) is 18.9 Å². The van der Waals surface area contributed by atoms with Gasteiger partial charge < -0.3 is 9.84 Å². The number of anilines is 1. The molecular formula is C17H17F3N2O4S. The number of thiazole rings is 1. The maximum Gasteiger partial charge on any atom is 0.435 e. The molecule has 2 aromatic rings. The Hall–Kier alpha value is -2.62. The number of hydrogen-bond donors (Lipinski definition) is 1. The molecule has 2 rings (SSSR count). The van der Waals surface area contributed by atoms with Gasteiger partial charge in [0.1, 0.15) is 11.5 Å². The predicted molar refractivity (Wildman–Crippen MR) is 92.9 cm³/mol. The first kappa shape index (κ1) is 20.7. The molecule has 0 aliphatic rings. The van der Waals surface area contributed by atoms with E-state index in [1.54, 1.807) is 44.2 Å². The van der Waals surface area contributed by atoms with Gasteiger partial charge in [-0.15, -0.1) is 0 Å². The van der Waals surface area contributed by atoms with Gasteiger partial charge in [0.25, 0.3) is 0 Å². The van der Waals surface area contributed by atoms with Crippen LogP contribution in [-0.2, 0) is 17.5 Å². The Balaban J connectivity index is 2.33. The predicted octanol–water partition coefficient (Wildman–Crippen LogP) is 4.80. The van der Waals surface area contributed by atoms with Crippen LogP contribution in [0.2, 0.25) is 0 Å². The fourth-order valence-electron chi connectivity index (χ4n) is 2.17. The van der Waals surface area contributed by atoms with E-state index in [0.29, 0.717) is 23.3 Å². The Morgan fingerprint density at radius 3 is 2.41 bits per heavy atom. The number of aromatic nitrogens is 1. The van der Waals surface area contributed by atoms with Crippen molar-refractivity contribution in [2.75, 3.05) is 4.90 Å². The van der Waals surface area contributed by atoms with Crippen molar-refractivity contribution in [3.8, 4) is 0 Å². The number of benzene rings is 1. The van der Waals surface area contributed by atoms with Crippen molar-refractivity contribution in [3.63, 3.8) is 0 Å². The smallest absolute Gasteiger partial charge is 0.435 e. The van der Waals surface area contributed by atoms with E-state index < -0.39 is 34.9 Å². The molecule has 0 bridgehead atoms. The lowest BCUT2D eigenvalue weighted by Gasteiger charge is -2.25. The number of amides is 1. The van der Waals surface area contributed by atoms with Crippen molar-refractivity contribution in [3.05, 3.63) is 46.5 Å². The summed E-state index contributed by atoms with van der Waals surface area (Å²) in [5.41, 5.74) is -0.824. The molecule has 1 aromatic carbocycles. The number of carboxylic acids is 1. The third-order valence-corrected chi connectivity index (χ3v) is 4.76. The van der Waals surface area contributed by atoms with Crippen LogP contribution in [0.5, 0.6) is 0 Å². The third-order valence-electron chi connectivity index (χ3n) is 3.72. The van der Waals surface area contributed by atoms with E-state index in [9.17, 15) is 22.8 Å². The third kappa shape index (κ3) is 4.97. The Kier molecular flexibility index (Phi) is 6.42. The van der Waals surface area contributed by atoms with E-state index in [2.05, 4.69) is 4.98 Å². The highest BCUT2D eigenvalue weighted by molar-refractivity contribution is 7.17. The average Bonchev–Trinajstić information content (AvgIpc) is 3.06. The number of halogens is 3. The summed E-state index contributed by atoms with van der Waals surface area (Å²) in [6, 6.07) is 8.22. The maximum absolute atomic E-state index is 13.1. The summed E-state index contributed by atoms with van der Waals surface area (Å²) >= 11 is 0.291. The molecule has 146 valence electrons. The van der Waals surface area contributed by atoms with Crippen molar-refractivity contribution in [1.82, 2.24) is 4.98 Å². The van der Waals surface area contributed by atoms with Gasteiger partial charge in [0, 0.05) is 6.04 Å². The minimum atomic E-state index is -4.95. The number of ether oxygens (including phenoxy) is 1. The van der Waals surface area contributed by atoms with Crippen molar-refractivity contribution >= 4 is 28.5 Å². The van der Waals surface area contributed by atoms with Crippen molar-refractivity contribution < 1.29 is 32.6 Å². The highest BCUT2D eigenvalue weighted by Crippen LogP contribution is 2.38. The molecule has 1 aromatic heterocycles. The molecule has 0 aliphatic carbocycles. The number of hydrogen-bond acceptors (Lipinski definition) is 5. The van der Waals surface area contributed by atoms with Gasteiger partial charge in [-0.25, -0.2) is 14.6 Å². The zero-order valence-corrected chi connectivity index (χ0v) is 15.3. The number of carbonyl (C=O) groups excluding carboxylic acids is 1. The van der Waals surface area contributed by atoms with E-state index in [4.69, 9.17) is 9.84 Å². The molecule has 0 saturated heterocycles. The topological polar surface area (TPSA) is 79.7 Å². The zero-order chi connectivity index (χ0) is 20.2. The summed E-state index contributed by atoms with van der Waals surface area (Å²) in [5.74, 6) is -1.76. The van der Waals surface area contributed by atoms with Crippen LogP contribution in [0.1, 0.15) is 41.2 Å². The first-order valence-electron chi connectivity index (χ1n) is 7.96. The number of alkyl halides is 3. The standard InChI is InChI=1S/C17H17F3N2O4S/c1-3-10(2)22(16(25)26-9-11-7-5-4-6-8-11)15-21-13(17(18,19)20)12(27-15)14(23)24/h4-8,10H,3,9H2,1-2H3,(H,23,24). The molecule has 1 amide bonds. The lowest BCUT2D eigenvalue weighted by molar-refractivity contribution is -0.141. The highest BCUT2D eigenvalue weighted by Gasteiger charge is 2.41. The van der Waals surface area contributed by atoms with E-state index in [1.165, 1.54) is 0 Å². The molecule has 1 unspecified atom stereocenters. The lowest BCUT2D eigenvalue weighted by atomic mass is 10.2. The lowest BCUT2D eigenvalue weighted by Crippen LogP contribution is -2.38. The van der Waals surface area contributed by atoms with Crippen LogP contribution in [-0.4, -0.2) is 28.2 Å². The Bertz CT molecular complexity index is 808. The number of carbonyl (C=O) groups is 2. The SMILES string of the molecule is CCC(C)N(C(=O)OCc1ccccc1)c1nc(C(F)(F)F)c(C(=O)O)s1. The molecule has 10 heteroatoms. The summed E-state index contributed by atoms with van der Waals surface area (Å²) in [6.07, 6.45) is -5.44. The van der Waals surface area contributed by atoms with E-state index in [0.717, 1.165) is 4.90 Å². The fourth-order valence-corrected chi connectivity index (χ4v) is 3.18. The highest BCUT2D eigenvalue weighted by atomic mass is 32.1. The van der Waals surface area contributed by atoms with Gasteiger partial charge in [0.05, 0.1) is 0 Å². The van der Waals surface area contributed by atoms with Gasteiger partial charge in [0.15, 0.2) is 10.8 Å². The minimum absolute atomic E-state index is 0.0735. The Morgan fingerprint density at radius 2 is 1.93 bits per heavy atom. The molecule has 0 spiro atoms. The number of aromatic carboxylic acids is 1. The van der Waals surface area contributed by atoms with E-state index in [1.807, 2.05) is 0 Å². The summed E-state index contributed by atoms with van der Waals surface area (Å²) in [5, 5.41) is 8.68. The average molecular weight is 402 g/mol. The molecule has 0 aliphatic heterocycles. The molecule has 1 heterocycles.